The predicted molar refractivity (Wildman–Crippen MR) is 104 cm³/mol. The van der Waals surface area contributed by atoms with E-state index in [2.05, 4.69) is 20.6 Å². The molecule has 144 valence electrons. The van der Waals surface area contributed by atoms with E-state index in [1.165, 1.54) is 6.20 Å². The summed E-state index contributed by atoms with van der Waals surface area (Å²) in [6.45, 7) is 3.65. The van der Waals surface area contributed by atoms with Gasteiger partial charge < -0.3 is 25.0 Å². The first-order valence-corrected chi connectivity index (χ1v) is 8.95. The van der Waals surface area contributed by atoms with Crippen molar-refractivity contribution < 1.29 is 14.3 Å². The molecule has 1 aliphatic heterocycles. The number of benzene rings is 1. The Morgan fingerprint density at radius 1 is 1.44 bits per heavy atom. The first kappa shape index (κ1) is 19.2. The molecular weight excluding hydrogens is 370 g/mol. The Morgan fingerprint density at radius 2 is 2.26 bits per heavy atom. The second-order valence-electron chi connectivity index (χ2n) is 6.10. The molecule has 1 aromatic carbocycles. The highest BCUT2D eigenvalue weighted by molar-refractivity contribution is 6.32. The number of ether oxygens (including phenoxy) is 2. The molecule has 2 aromatic rings. The summed E-state index contributed by atoms with van der Waals surface area (Å²) in [4.78, 5) is 23.1. The van der Waals surface area contributed by atoms with Gasteiger partial charge >= 0.3 is 0 Å². The number of hydrogen-bond acceptors (Lipinski definition) is 7. The minimum Gasteiger partial charge on any atom is -0.495 e. The standard InChI is InChI=1S/C18H22ClN5O3/c1-11-10-27-7-6-24(11)17(25)12-4-5-14(15(8-12)26-3)22-18-21-9-13(19)16(20-2)23-18/h4-5,8-9,11H,6-7,10H2,1-3H3,(H2,20,21,22,23). The summed E-state index contributed by atoms with van der Waals surface area (Å²) < 4.78 is 10.8. The van der Waals surface area contributed by atoms with Gasteiger partial charge in [-0.1, -0.05) is 11.6 Å². The SMILES string of the molecule is CNc1nc(Nc2ccc(C(=O)N3CCOCC3C)cc2OC)ncc1Cl. The van der Waals surface area contributed by atoms with Gasteiger partial charge in [0.2, 0.25) is 5.95 Å². The van der Waals surface area contributed by atoms with E-state index in [0.717, 1.165) is 0 Å². The Kier molecular flexibility index (Phi) is 5.98. The molecule has 1 aromatic heterocycles. The van der Waals surface area contributed by atoms with E-state index < -0.39 is 0 Å². The molecule has 1 aliphatic rings. The number of methoxy groups -OCH3 is 1. The average molecular weight is 392 g/mol. The van der Waals surface area contributed by atoms with Crippen molar-refractivity contribution in [2.75, 3.05) is 44.5 Å². The van der Waals surface area contributed by atoms with Gasteiger partial charge in [-0.2, -0.15) is 4.98 Å². The molecule has 1 fully saturated rings. The zero-order valence-electron chi connectivity index (χ0n) is 15.5. The maximum atomic E-state index is 12.8. The van der Waals surface area contributed by atoms with Crippen LogP contribution in [0, 0.1) is 0 Å². The second kappa shape index (κ2) is 8.41. The van der Waals surface area contributed by atoms with E-state index in [-0.39, 0.29) is 11.9 Å². The Hall–Kier alpha value is -2.58. The molecule has 8 nitrogen and oxygen atoms in total. The Balaban J connectivity index is 1.83. The number of carbonyl (C=O) groups is 1. The van der Waals surface area contributed by atoms with Gasteiger partial charge in [-0.15, -0.1) is 0 Å². The van der Waals surface area contributed by atoms with Gasteiger partial charge in [0.05, 0.1) is 38.2 Å². The first-order valence-electron chi connectivity index (χ1n) is 8.57. The van der Waals surface area contributed by atoms with Crippen molar-refractivity contribution in [1.29, 1.82) is 0 Å². The number of morpholine rings is 1. The van der Waals surface area contributed by atoms with Gasteiger partial charge in [-0.25, -0.2) is 4.98 Å². The summed E-state index contributed by atoms with van der Waals surface area (Å²) in [5.74, 6) is 1.35. The lowest BCUT2D eigenvalue weighted by molar-refractivity contribution is 0.00358. The van der Waals surface area contributed by atoms with Gasteiger partial charge in [-0.05, 0) is 25.1 Å². The molecule has 2 N–H and O–H groups in total. The fraction of sp³-hybridized carbons (Fsp3) is 0.389. The fourth-order valence-corrected chi connectivity index (χ4v) is 3.03. The van der Waals surface area contributed by atoms with Crippen molar-refractivity contribution in [3.05, 3.63) is 35.0 Å². The molecule has 0 bridgehead atoms. The van der Waals surface area contributed by atoms with Crippen LogP contribution in [0.1, 0.15) is 17.3 Å². The normalized spacial score (nSPS) is 16.7. The van der Waals surface area contributed by atoms with Crippen molar-refractivity contribution in [1.82, 2.24) is 14.9 Å². The van der Waals surface area contributed by atoms with Crippen molar-refractivity contribution in [2.24, 2.45) is 0 Å². The second-order valence-corrected chi connectivity index (χ2v) is 6.51. The number of rotatable bonds is 5. The number of hydrogen-bond donors (Lipinski definition) is 2. The van der Waals surface area contributed by atoms with E-state index >= 15 is 0 Å². The molecule has 2 heterocycles. The monoisotopic (exact) mass is 391 g/mol. The Morgan fingerprint density at radius 3 is 2.96 bits per heavy atom. The van der Waals surface area contributed by atoms with Crippen molar-refractivity contribution in [3.63, 3.8) is 0 Å². The van der Waals surface area contributed by atoms with Crippen molar-refractivity contribution >= 4 is 35.0 Å². The van der Waals surface area contributed by atoms with Gasteiger partial charge in [0.25, 0.3) is 5.91 Å². The highest BCUT2D eigenvalue weighted by Crippen LogP contribution is 2.29. The molecule has 1 saturated heterocycles. The van der Waals surface area contributed by atoms with Gasteiger partial charge in [0.1, 0.15) is 16.6 Å². The lowest BCUT2D eigenvalue weighted by Crippen LogP contribution is -2.47. The summed E-state index contributed by atoms with van der Waals surface area (Å²) in [6, 6.07) is 5.28. The molecule has 1 atom stereocenters. The van der Waals surface area contributed by atoms with Crippen molar-refractivity contribution in [2.45, 2.75) is 13.0 Å². The lowest BCUT2D eigenvalue weighted by Gasteiger charge is -2.33. The van der Waals surface area contributed by atoms with Gasteiger partial charge in [0, 0.05) is 19.2 Å². The zero-order valence-corrected chi connectivity index (χ0v) is 16.2. The summed E-state index contributed by atoms with van der Waals surface area (Å²) in [5, 5.41) is 6.42. The number of amides is 1. The van der Waals surface area contributed by atoms with Crippen LogP contribution in [0.3, 0.4) is 0 Å². The summed E-state index contributed by atoms with van der Waals surface area (Å²) in [6.07, 6.45) is 1.51. The molecule has 1 amide bonds. The number of nitrogens with one attached hydrogen (secondary N) is 2. The summed E-state index contributed by atoms with van der Waals surface area (Å²) in [5.41, 5.74) is 1.20. The maximum absolute atomic E-state index is 12.8. The number of carbonyl (C=O) groups excluding carboxylic acids is 1. The molecule has 27 heavy (non-hydrogen) atoms. The minimum atomic E-state index is -0.0455. The smallest absolute Gasteiger partial charge is 0.254 e. The highest BCUT2D eigenvalue weighted by atomic mass is 35.5. The molecule has 9 heteroatoms. The number of halogens is 1. The predicted octanol–water partition coefficient (Wildman–Crippen LogP) is 2.78. The third-order valence-corrected chi connectivity index (χ3v) is 4.58. The summed E-state index contributed by atoms with van der Waals surface area (Å²) in [7, 11) is 3.28. The molecule has 3 rings (SSSR count). The number of anilines is 3. The van der Waals surface area contributed by atoms with E-state index in [1.54, 1.807) is 32.4 Å². The van der Waals surface area contributed by atoms with Crippen LogP contribution in [0.5, 0.6) is 5.75 Å². The van der Waals surface area contributed by atoms with E-state index in [4.69, 9.17) is 21.1 Å². The van der Waals surface area contributed by atoms with Crippen LogP contribution < -0.4 is 15.4 Å². The van der Waals surface area contributed by atoms with E-state index in [1.807, 2.05) is 11.8 Å². The van der Waals surface area contributed by atoms with Crippen LogP contribution in [-0.4, -0.2) is 60.7 Å². The average Bonchev–Trinajstić information content (AvgIpc) is 2.69. The Bertz CT molecular complexity index is 833. The largest absolute Gasteiger partial charge is 0.495 e. The summed E-state index contributed by atoms with van der Waals surface area (Å²) >= 11 is 6.01. The molecule has 0 aliphatic carbocycles. The van der Waals surface area contributed by atoms with Gasteiger partial charge in [0.15, 0.2) is 0 Å². The third kappa shape index (κ3) is 4.23. The maximum Gasteiger partial charge on any atom is 0.254 e. The molecule has 1 unspecified atom stereocenters. The van der Waals surface area contributed by atoms with Crippen LogP contribution in [0.25, 0.3) is 0 Å². The first-order chi connectivity index (χ1) is 13.0. The van der Waals surface area contributed by atoms with E-state index in [9.17, 15) is 4.79 Å². The molecular formula is C18H22ClN5O3. The molecule has 0 radical (unpaired) electrons. The van der Waals surface area contributed by atoms with Crippen LogP contribution in [0.4, 0.5) is 17.5 Å². The third-order valence-electron chi connectivity index (χ3n) is 4.30. The van der Waals surface area contributed by atoms with Crippen LogP contribution >= 0.6 is 11.6 Å². The number of nitrogens with zero attached hydrogens (tertiary/aromatic N) is 3. The van der Waals surface area contributed by atoms with Crippen LogP contribution in [-0.2, 0) is 4.74 Å². The number of aromatic nitrogens is 2. The highest BCUT2D eigenvalue weighted by Gasteiger charge is 2.25. The minimum absolute atomic E-state index is 0.0393. The molecule has 0 saturated carbocycles. The van der Waals surface area contributed by atoms with E-state index in [0.29, 0.717) is 53.5 Å². The quantitative estimate of drug-likeness (QED) is 0.810. The zero-order chi connectivity index (χ0) is 19.4. The lowest BCUT2D eigenvalue weighted by atomic mass is 10.1. The van der Waals surface area contributed by atoms with Crippen molar-refractivity contribution in [3.8, 4) is 5.75 Å². The Labute approximate surface area is 162 Å². The van der Waals surface area contributed by atoms with Crippen LogP contribution in [0.2, 0.25) is 5.02 Å². The van der Waals surface area contributed by atoms with Gasteiger partial charge in [-0.3, -0.25) is 4.79 Å². The topological polar surface area (TPSA) is 88.6 Å². The fourth-order valence-electron chi connectivity index (χ4n) is 2.85. The molecule has 0 spiro atoms. The van der Waals surface area contributed by atoms with Crippen LogP contribution in [0.15, 0.2) is 24.4 Å².